The number of nitrogens with two attached hydrogens (primary N) is 1. The van der Waals surface area contributed by atoms with Crippen molar-refractivity contribution in [2.75, 3.05) is 5.73 Å². The van der Waals surface area contributed by atoms with Crippen molar-refractivity contribution < 1.29 is 9.67 Å². The van der Waals surface area contributed by atoms with Crippen molar-refractivity contribution in [2.24, 2.45) is 7.05 Å². The maximum Gasteiger partial charge on any atom is 0.306 e. The Balaban J connectivity index is 2.89. The lowest BCUT2D eigenvalue weighted by molar-refractivity contribution is -0.670. The van der Waals surface area contributed by atoms with Gasteiger partial charge in [0.1, 0.15) is 0 Å². The van der Waals surface area contributed by atoms with E-state index in [1.54, 1.807) is 17.9 Å². The molecule has 0 unspecified atom stereocenters. The number of imidazole rings is 1. The smallest absolute Gasteiger partial charge is 0.306 e. The number of anilines is 1. The molecule has 0 aliphatic heterocycles. The Kier molecular flexibility index (Phi) is 1.77. The normalized spacial score (nSPS) is 11.0. The van der Waals surface area contributed by atoms with Gasteiger partial charge in [0.05, 0.1) is 13.6 Å². The van der Waals surface area contributed by atoms with Crippen molar-refractivity contribution in [1.29, 1.82) is 0 Å². The van der Waals surface area contributed by atoms with Crippen LogP contribution in [0.3, 0.4) is 0 Å². The van der Waals surface area contributed by atoms with E-state index in [0.29, 0.717) is 11.2 Å². The molecule has 0 aliphatic rings. The van der Waals surface area contributed by atoms with Gasteiger partial charge >= 0.3 is 5.65 Å². The molecule has 0 aromatic carbocycles. The van der Waals surface area contributed by atoms with E-state index < -0.39 is 0 Å². The molecule has 2 aromatic heterocycles. The van der Waals surface area contributed by atoms with Crippen molar-refractivity contribution in [3.8, 4) is 5.88 Å². The van der Waals surface area contributed by atoms with Crippen LogP contribution in [-0.2, 0) is 13.6 Å². The molecule has 0 radical (unpaired) electrons. The van der Waals surface area contributed by atoms with Gasteiger partial charge in [-0.1, -0.05) is 4.98 Å². The number of hydrogen-bond acceptors (Lipinski definition) is 4. The Labute approximate surface area is 80.6 Å². The highest BCUT2D eigenvalue weighted by molar-refractivity contribution is 5.73. The minimum Gasteiger partial charge on any atom is -0.856 e. The summed E-state index contributed by atoms with van der Waals surface area (Å²) >= 11 is 0. The molecule has 2 rings (SSSR count). The van der Waals surface area contributed by atoms with E-state index in [1.807, 2.05) is 11.5 Å². The largest absolute Gasteiger partial charge is 0.856 e. The Morgan fingerprint density at radius 2 is 2.29 bits per heavy atom. The van der Waals surface area contributed by atoms with Crippen LogP contribution in [0.25, 0.3) is 11.2 Å². The van der Waals surface area contributed by atoms with Gasteiger partial charge in [0.15, 0.2) is 11.8 Å². The lowest BCUT2D eigenvalue weighted by atomic mass is 10.5. The average molecular weight is 193 g/mol. The molecule has 0 atom stereocenters. The predicted octanol–water partition coefficient (Wildman–Crippen LogP) is -1.07. The summed E-state index contributed by atoms with van der Waals surface area (Å²) in [6.07, 6.45) is 1.81. The Bertz CT molecular complexity index is 490. The topological polar surface area (TPSA) is 83.7 Å². The van der Waals surface area contributed by atoms with Crippen molar-refractivity contribution >= 4 is 17.1 Å². The summed E-state index contributed by atoms with van der Waals surface area (Å²) in [5.41, 5.74) is 6.49. The minimum atomic E-state index is -0.331. The number of rotatable bonds is 1. The highest BCUT2D eigenvalue weighted by Crippen LogP contribution is 2.16. The van der Waals surface area contributed by atoms with E-state index in [4.69, 9.17) is 5.73 Å². The first-order valence-electron chi connectivity index (χ1n) is 4.32. The quantitative estimate of drug-likeness (QED) is 0.584. The summed E-state index contributed by atoms with van der Waals surface area (Å²) in [7, 11) is 1.79. The van der Waals surface area contributed by atoms with Crippen molar-refractivity contribution in [1.82, 2.24) is 14.5 Å². The third-order valence-corrected chi connectivity index (χ3v) is 2.13. The summed E-state index contributed by atoms with van der Waals surface area (Å²) in [6, 6.07) is 0. The third kappa shape index (κ3) is 1.07. The van der Waals surface area contributed by atoms with Crippen LogP contribution in [0.4, 0.5) is 5.95 Å². The average Bonchev–Trinajstić information content (AvgIpc) is 2.42. The number of nitrogens with zero attached hydrogens (tertiary/aromatic N) is 4. The number of fused-ring (bicyclic) bond motifs is 1. The molecule has 0 fully saturated rings. The van der Waals surface area contributed by atoms with Gasteiger partial charge in [-0.25, -0.2) is 9.55 Å². The van der Waals surface area contributed by atoms with Gasteiger partial charge in [-0.3, -0.25) is 4.57 Å². The lowest BCUT2D eigenvalue weighted by Crippen LogP contribution is -2.31. The molecular formula is C8H11N5O. The highest BCUT2D eigenvalue weighted by atomic mass is 16.3. The molecule has 2 aromatic rings. The summed E-state index contributed by atoms with van der Waals surface area (Å²) in [6.45, 7) is 2.72. The zero-order valence-electron chi connectivity index (χ0n) is 8.06. The van der Waals surface area contributed by atoms with Gasteiger partial charge < -0.3 is 10.8 Å². The van der Waals surface area contributed by atoms with Crippen LogP contribution in [0.15, 0.2) is 6.33 Å². The zero-order chi connectivity index (χ0) is 10.3. The van der Waals surface area contributed by atoms with Crippen molar-refractivity contribution in [3.05, 3.63) is 6.33 Å². The van der Waals surface area contributed by atoms with Crippen LogP contribution in [0.2, 0.25) is 0 Å². The number of aromatic nitrogens is 4. The molecule has 2 heterocycles. The summed E-state index contributed by atoms with van der Waals surface area (Å²) < 4.78 is 3.56. The molecule has 6 heteroatoms. The molecule has 0 amide bonds. The van der Waals surface area contributed by atoms with Crippen LogP contribution < -0.4 is 15.4 Å². The molecule has 0 spiro atoms. The molecular weight excluding hydrogens is 182 g/mol. The Morgan fingerprint density at radius 3 is 2.93 bits per heavy atom. The van der Waals surface area contributed by atoms with Gasteiger partial charge in [0.25, 0.3) is 5.95 Å². The highest BCUT2D eigenvalue weighted by Gasteiger charge is 2.15. The van der Waals surface area contributed by atoms with E-state index in [2.05, 4.69) is 9.97 Å². The summed E-state index contributed by atoms with van der Waals surface area (Å²) in [4.78, 5) is 7.62. The first-order chi connectivity index (χ1) is 6.63. The van der Waals surface area contributed by atoms with Gasteiger partial charge in [-0.2, -0.15) is 0 Å². The molecule has 0 aliphatic carbocycles. The third-order valence-electron chi connectivity index (χ3n) is 2.13. The number of aryl methyl sites for hydroxylation is 2. The molecule has 0 saturated heterocycles. The molecule has 6 nitrogen and oxygen atoms in total. The Hall–Kier alpha value is -1.85. The van der Waals surface area contributed by atoms with Gasteiger partial charge in [0.2, 0.25) is 0 Å². The second-order valence-corrected chi connectivity index (χ2v) is 3.07. The van der Waals surface area contributed by atoms with Crippen molar-refractivity contribution in [2.45, 2.75) is 13.5 Å². The maximum absolute atomic E-state index is 11.5. The molecule has 0 saturated carbocycles. The molecule has 0 bridgehead atoms. The number of hydrogen-bond donors (Lipinski definition) is 1. The molecule has 2 N–H and O–H groups in total. The van der Waals surface area contributed by atoms with Gasteiger partial charge in [-0.15, -0.1) is 0 Å². The maximum atomic E-state index is 11.5. The van der Waals surface area contributed by atoms with E-state index >= 15 is 0 Å². The van der Waals surface area contributed by atoms with Crippen LogP contribution in [0, 0.1) is 0 Å². The first-order valence-corrected chi connectivity index (χ1v) is 4.32. The first kappa shape index (κ1) is 8.74. The van der Waals surface area contributed by atoms with Crippen molar-refractivity contribution in [3.63, 3.8) is 0 Å². The van der Waals surface area contributed by atoms with E-state index in [1.165, 1.54) is 0 Å². The van der Waals surface area contributed by atoms with E-state index in [9.17, 15) is 5.11 Å². The fourth-order valence-corrected chi connectivity index (χ4v) is 1.50. The van der Waals surface area contributed by atoms with Crippen LogP contribution >= 0.6 is 0 Å². The zero-order valence-corrected chi connectivity index (χ0v) is 8.06. The second-order valence-electron chi connectivity index (χ2n) is 3.07. The second kappa shape index (κ2) is 2.83. The van der Waals surface area contributed by atoms with Gasteiger partial charge in [-0.05, 0) is 6.92 Å². The van der Waals surface area contributed by atoms with Crippen LogP contribution in [0.5, 0.6) is 5.88 Å². The van der Waals surface area contributed by atoms with Gasteiger partial charge in [0, 0.05) is 5.88 Å². The summed E-state index contributed by atoms with van der Waals surface area (Å²) in [5, 5.41) is 11.5. The SMILES string of the molecule is CC[n+]1cn(C)c2c([O-])nc(N)nc21. The fourth-order valence-electron chi connectivity index (χ4n) is 1.50. The minimum absolute atomic E-state index is 0.0240. The predicted molar refractivity (Wildman–Crippen MR) is 48.2 cm³/mol. The van der Waals surface area contributed by atoms with E-state index in [0.717, 1.165) is 6.54 Å². The molecule has 74 valence electrons. The van der Waals surface area contributed by atoms with E-state index in [-0.39, 0.29) is 11.8 Å². The monoisotopic (exact) mass is 193 g/mol. The molecule has 14 heavy (non-hydrogen) atoms. The fraction of sp³-hybridized carbons (Fsp3) is 0.375. The van der Waals surface area contributed by atoms with Crippen LogP contribution in [0.1, 0.15) is 6.92 Å². The standard InChI is InChI=1S/C8H11N5O/c1-3-13-4-12(2)5-6(13)10-8(9)11-7(5)14/h4H,3H2,1-2H3,(H2-,9,10,11,14). The van der Waals surface area contributed by atoms with Crippen LogP contribution in [-0.4, -0.2) is 14.5 Å². The summed E-state index contributed by atoms with van der Waals surface area (Å²) in [5.74, 6) is -0.307. The lowest BCUT2D eigenvalue weighted by Gasteiger charge is -2.02. The number of nitrogen functional groups attached to an aromatic ring is 1. The Morgan fingerprint density at radius 1 is 1.57 bits per heavy atom.